The van der Waals surface area contributed by atoms with Gasteiger partial charge in [0.05, 0.1) is 5.56 Å². The van der Waals surface area contributed by atoms with Crippen molar-refractivity contribution in [1.29, 1.82) is 0 Å². The summed E-state index contributed by atoms with van der Waals surface area (Å²) in [7, 11) is 0. The van der Waals surface area contributed by atoms with Crippen LogP contribution in [-0.4, -0.2) is 5.91 Å². The zero-order chi connectivity index (χ0) is 15.9. The van der Waals surface area contributed by atoms with Gasteiger partial charge in [-0.15, -0.1) is 0 Å². The van der Waals surface area contributed by atoms with Crippen molar-refractivity contribution in [2.75, 3.05) is 5.32 Å². The van der Waals surface area contributed by atoms with Crippen LogP contribution in [0.4, 0.5) is 18.9 Å². The third-order valence-corrected chi connectivity index (χ3v) is 3.57. The highest BCUT2D eigenvalue weighted by Crippen LogP contribution is 2.37. The monoisotopic (exact) mass is 323 g/mol. The number of amides is 1. The minimum Gasteiger partial charge on any atom is -0.321 e. The maximum Gasteiger partial charge on any atom is 0.416 e. The number of carbonyl (C=O) groups excluding carboxylic acids is 1. The van der Waals surface area contributed by atoms with E-state index in [1.807, 2.05) is 0 Å². The Labute approximate surface area is 129 Å². The molecule has 0 unspecified atom stereocenters. The Balaban J connectivity index is 2.15. The summed E-state index contributed by atoms with van der Waals surface area (Å²) in [5, 5.41) is 3.01. The molecule has 1 amide bonds. The molecule has 0 saturated carbocycles. The van der Waals surface area contributed by atoms with Gasteiger partial charge in [-0.1, -0.05) is 29.8 Å². The minimum absolute atomic E-state index is 0.0621. The Morgan fingerprint density at radius 1 is 1.09 bits per heavy atom. The van der Waals surface area contributed by atoms with E-state index < -0.39 is 17.6 Å². The Morgan fingerprint density at radius 3 is 2.55 bits per heavy atom. The first kappa shape index (κ1) is 14.7. The molecule has 0 bridgehead atoms. The quantitative estimate of drug-likeness (QED) is 0.747. The zero-order valence-electron chi connectivity index (χ0n) is 11.0. The molecule has 2 aromatic rings. The van der Waals surface area contributed by atoms with Gasteiger partial charge >= 0.3 is 6.18 Å². The van der Waals surface area contributed by atoms with Crippen LogP contribution in [0.1, 0.15) is 16.7 Å². The number of hydrogen-bond acceptors (Lipinski definition) is 1. The number of fused-ring (bicyclic) bond motifs is 1. The second-order valence-corrected chi connectivity index (χ2v) is 5.22. The van der Waals surface area contributed by atoms with Gasteiger partial charge in [0, 0.05) is 21.8 Å². The van der Waals surface area contributed by atoms with Gasteiger partial charge in [-0.25, -0.2) is 0 Å². The molecular weight excluding hydrogens is 315 g/mol. The zero-order valence-corrected chi connectivity index (χ0v) is 11.8. The van der Waals surface area contributed by atoms with E-state index in [0.717, 1.165) is 6.07 Å². The maximum atomic E-state index is 13.0. The van der Waals surface area contributed by atoms with Crippen LogP contribution in [0, 0.1) is 0 Å². The SMILES string of the molecule is O=C1Nc2ccc(Cl)cc2/C1=C/c1ccccc1C(F)(F)F. The van der Waals surface area contributed by atoms with Crippen LogP contribution in [-0.2, 0) is 11.0 Å². The summed E-state index contributed by atoms with van der Waals surface area (Å²) in [6.45, 7) is 0. The van der Waals surface area contributed by atoms with Gasteiger partial charge < -0.3 is 5.32 Å². The fourth-order valence-corrected chi connectivity index (χ4v) is 2.51. The number of hydrogen-bond donors (Lipinski definition) is 1. The number of nitrogens with one attached hydrogen (secondary N) is 1. The molecule has 1 aliphatic heterocycles. The second kappa shape index (κ2) is 5.18. The predicted molar refractivity (Wildman–Crippen MR) is 79.4 cm³/mol. The van der Waals surface area contributed by atoms with Gasteiger partial charge in [-0.2, -0.15) is 13.2 Å². The van der Waals surface area contributed by atoms with E-state index in [1.165, 1.54) is 24.3 Å². The molecule has 0 spiro atoms. The average molecular weight is 324 g/mol. The number of alkyl halides is 3. The predicted octanol–water partition coefficient (Wildman–Crippen LogP) is 4.85. The Kier molecular flexibility index (Phi) is 3.45. The Hall–Kier alpha value is -2.27. The lowest BCUT2D eigenvalue weighted by atomic mass is 10.0. The van der Waals surface area contributed by atoms with Crippen LogP contribution >= 0.6 is 11.6 Å². The van der Waals surface area contributed by atoms with Crippen LogP contribution in [0.25, 0.3) is 11.6 Å². The summed E-state index contributed by atoms with van der Waals surface area (Å²) in [4.78, 5) is 12.0. The van der Waals surface area contributed by atoms with Gasteiger partial charge in [-0.3, -0.25) is 4.79 Å². The normalized spacial score (nSPS) is 15.8. The molecular formula is C16H9ClF3NO. The van der Waals surface area contributed by atoms with Crippen molar-refractivity contribution in [2.24, 2.45) is 0 Å². The van der Waals surface area contributed by atoms with E-state index in [0.29, 0.717) is 16.3 Å². The molecule has 1 heterocycles. The smallest absolute Gasteiger partial charge is 0.321 e. The van der Waals surface area contributed by atoms with Crippen molar-refractivity contribution < 1.29 is 18.0 Å². The fourth-order valence-electron chi connectivity index (χ4n) is 2.34. The van der Waals surface area contributed by atoms with Crippen LogP contribution < -0.4 is 5.32 Å². The lowest BCUT2D eigenvalue weighted by Gasteiger charge is -2.10. The molecule has 6 heteroatoms. The largest absolute Gasteiger partial charge is 0.416 e. The van der Waals surface area contributed by atoms with Gasteiger partial charge in [-0.05, 0) is 35.9 Å². The third kappa shape index (κ3) is 2.60. The first-order chi connectivity index (χ1) is 10.4. The van der Waals surface area contributed by atoms with Crippen LogP contribution in [0.15, 0.2) is 42.5 Å². The summed E-state index contributed by atoms with van der Waals surface area (Å²) >= 11 is 5.90. The molecule has 1 N–H and O–H groups in total. The van der Waals surface area contributed by atoms with Crippen LogP contribution in [0.5, 0.6) is 0 Å². The molecule has 1 aliphatic rings. The molecule has 0 atom stereocenters. The Bertz CT molecular complexity index is 796. The van der Waals surface area contributed by atoms with Crippen molar-refractivity contribution in [1.82, 2.24) is 0 Å². The lowest BCUT2D eigenvalue weighted by Crippen LogP contribution is -2.08. The van der Waals surface area contributed by atoms with Crippen molar-refractivity contribution in [3.63, 3.8) is 0 Å². The summed E-state index contributed by atoms with van der Waals surface area (Å²) in [6, 6.07) is 9.89. The van der Waals surface area contributed by atoms with Crippen molar-refractivity contribution in [3.8, 4) is 0 Å². The number of carbonyl (C=O) groups is 1. The molecule has 0 fully saturated rings. The van der Waals surface area contributed by atoms with E-state index in [-0.39, 0.29) is 11.1 Å². The third-order valence-electron chi connectivity index (χ3n) is 3.33. The van der Waals surface area contributed by atoms with Crippen molar-refractivity contribution in [3.05, 3.63) is 64.2 Å². The van der Waals surface area contributed by atoms with E-state index in [4.69, 9.17) is 11.6 Å². The minimum atomic E-state index is -4.49. The van der Waals surface area contributed by atoms with E-state index in [9.17, 15) is 18.0 Å². The van der Waals surface area contributed by atoms with Crippen molar-refractivity contribution in [2.45, 2.75) is 6.18 Å². The second-order valence-electron chi connectivity index (χ2n) is 4.79. The number of benzene rings is 2. The number of halogens is 4. The highest BCUT2D eigenvalue weighted by Gasteiger charge is 2.33. The van der Waals surface area contributed by atoms with Gasteiger partial charge in [0.15, 0.2) is 0 Å². The maximum absolute atomic E-state index is 13.0. The molecule has 112 valence electrons. The van der Waals surface area contributed by atoms with Gasteiger partial charge in [0.2, 0.25) is 0 Å². The van der Waals surface area contributed by atoms with E-state index in [2.05, 4.69) is 5.32 Å². The standard InChI is InChI=1S/C16H9ClF3NO/c17-10-5-6-14-11(8-10)12(15(22)21-14)7-9-3-1-2-4-13(9)16(18,19)20/h1-8H,(H,21,22)/b12-7-. The van der Waals surface area contributed by atoms with E-state index >= 15 is 0 Å². The fraction of sp³-hybridized carbons (Fsp3) is 0.0625. The van der Waals surface area contributed by atoms with Crippen molar-refractivity contribution >= 4 is 34.8 Å². The highest BCUT2D eigenvalue weighted by molar-refractivity contribution is 6.36. The molecule has 2 aromatic carbocycles. The highest BCUT2D eigenvalue weighted by atomic mass is 35.5. The average Bonchev–Trinajstić information content (AvgIpc) is 2.74. The lowest BCUT2D eigenvalue weighted by molar-refractivity contribution is -0.137. The first-order valence-corrected chi connectivity index (χ1v) is 6.73. The van der Waals surface area contributed by atoms with Gasteiger partial charge in [0.1, 0.15) is 0 Å². The number of rotatable bonds is 1. The molecule has 0 radical (unpaired) electrons. The van der Waals surface area contributed by atoms with Crippen LogP contribution in [0.2, 0.25) is 5.02 Å². The Morgan fingerprint density at radius 2 is 1.82 bits per heavy atom. The summed E-state index contributed by atoms with van der Waals surface area (Å²) in [6.07, 6.45) is -3.25. The molecule has 22 heavy (non-hydrogen) atoms. The van der Waals surface area contributed by atoms with E-state index in [1.54, 1.807) is 18.2 Å². The summed E-state index contributed by atoms with van der Waals surface area (Å²) in [5.74, 6) is -0.450. The summed E-state index contributed by atoms with van der Waals surface area (Å²) in [5.41, 5.74) is 0.340. The van der Waals surface area contributed by atoms with Crippen LogP contribution in [0.3, 0.4) is 0 Å². The number of anilines is 1. The molecule has 2 nitrogen and oxygen atoms in total. The molecule has 3 rings (SSSR count). The molecule has 0 aliphatic carbocycles. The molecule has 0 saturated heterocycles. The first-order valence-electron chi connectivity index (χ1n) is 6.35. The summed E-state index contributed by atoms with van der Waals surface area (Å²) < 4.78 is 39.1. The van der Waals surface area contributed by atoms with Gasteiger partial charge in [0.25, 0.3) is 5.91 Å². The topological polar surface area (TPSA) is 29.1 Å². The molecule has 0 aromatic heterocycles.